The highest BCUT2D eigenvalue weighted by molar-refractivity contribution is 7.99. The van der Waals surface area contributed by atoms with Crippen molar-refractivity contribution in [3.63, 3.8) is 0 Å². The number of aromatic nitrogens is 2. The maximum atomic E-state index is 4.13. The Labute approximate surface area is 93.7 Å². The van der Waals surface area contributed by atoms with Crippen LogP contribution in [-0.4, -0.2) is 22.0 Å². The summed E-state index contributed by atoms with van der Waals surface area (Å²) in [5, 5.41) is 14.2. The Kier molecular flexibility index (Phi) is 5.25. The lowest BCUT2D eigenvalue weighted by molar-refractivity contribution is 0.957. The van der Waals surface area contributed by atoms with Gasteiger partial charge in [-0.05, 0) is 11.7 Å². The fraction of sp³-hybridized carbons (Fsp3) is 0.778. The molecule has 1 aromatic rings. The molecule has 1 heterocycles. The maximum absolute atomic E-state index is 4.13. The van der Waals surface area contributed by atoms with E-state index in [2.05, 4.69) is 36.3 Å². The van der Waals surface area contributed by atoms with Crippen LogP contribution >= 0.6 is 23.1 Å². The van der Waals surface area contributed by atoms with E-state index in [4.69, 9.17) is 0 Å². The Morgan fingerprint density at radius 3 is 2.86 bits per heavy atom. The van der Waals surface area contributed by atoms with Crippen LogP contribution in [0.3, 0.4) is 0 Å². The molecule has 0 aliphatic carbocycles. The van der Waals surface area contributed by atoms with E-state index in [0.717, 1.165) is 28.9 Å². The number of anilines is 1. The van der Waals surface area contributed by atoms with Crippen LogP contribution in [0.1, 0.15) is 32.2 Å². The second kappa shape index (κ2) is 6.24. The summed E-state index contributed by atoms with van der Waals surface area (Å²) in [6.45, 7) is 7.51. The molecule has 0 aliphatic heterocycles. The Morgan fingerprint density at radius 1 is 1.43 bits per heavy atom. The van der Waals surface area contributed by atoms with Gasteiger partial charge in [-0.2, -0.15) is 11.8 Å². The second-order valence-corrected chi connectivity index (χ2v) is 5.91. The molecule has 0 aromatic carbocycles. The minimum Gasteiger partial charge on any atom is -0.360 e. The molecule has 0 bridgehead atoms. The van der Waals surface area contributed by atoms with Gasteiger partial charge in [0.25, 0.3) is 0 Å². The number of rotatable bonds is 6. The Bertz CT molecular complexity index is 260. The SMILES string of the molecule is CCCNc1nnc(CSC(C)C)s1. The van der Waals surface area contributed by atoms with Crippen LogP contribution in [-0.2, 0) is 5.75 Å². The quantitative estimate of drug-likeness (QED) is 0.816. The zero-order chi connectivity index (χ0) is 10.4. The zero-order valence-electron chi connectivity index (χ0n) is 8.91. The normalized spacial score (nSPS) is 10.9. The van der Waals surface area contributed by atoms with E-state index in [-0.39, 0.29) is 0 Å². The summed E-state index contributed by atoms with van der Waals surface area (Å²) in [5.74, 6) is 0.975. The van der Waals surface area contributed by atoms with Crippen LogP contribution in [0, 0.1) is 0 Å². The van der Waals surface area contributed by atoms with E-state index in [0.29, 0.717) is 5.25 Å². The summed E-state index contributed by atoms with van der Waals surface area (Å²) < 4.78 is 0. The van der Waals surface area contributed by atoms with Crippen LogP contribution in [0.25, 0.3) is 0 Å². The lowest BCUT2D eigenvalue weighted by Gasteiger charge is -1.99. The predicted octanol–water partition coefficient (Wildman–Crippen LogP) is 3.00. The number of hydrogen-bond donors (Lipinski definition) is 1. The van der Waals surface area contributed by atoms with Crippen molar-refractivity contribution < 1.29 is 0 Å². The standard InChI is InChI=1S/C9H17N3S2/c1-4-5-10-9-12-11-8(14-9)6-13-7(2)3/h7H,4-6H2,1-3H3,(H,10,12). The summed E-state index contributed by atoms with van der Waals surface area (Å²) in [6, 6.07) is 0. The monoisotopic (exact) mass is 231 g/mol. The lowest BCUT2D eigenvalue weighted by atomic mass is 10.5. The fourth-order valence-electron chi connectivity index (χ4n) is 0.853. The molecule has 1 N–H and O–H groups in total. The van der Waals surface area contributed by atoms with Gasteiger partial charge in [-0.3, -0.25) is 0 Å². The topological polar surface area (TPSA) is 37.8 Å². The van der Waals surface area contributed by atoms with Crippen LogP contribution in [0.5, 0.6) is 0 Å². The number of nitrogens with zero attached hydrogens (tertiary/aromatic N) is 2. The molecule has 1 rings (SSSR count). The number of nitrogens with one attached hydrogen (secondary N) is 1. The van der Waals surface area contributed by atoms with Gasteiger partial charge in [0.2, 0.25) is 5.13 Å². The third kappa shape index (κ3) is 4.28. The lowest BCUT2D eigenvalue weighted by Crippen LogP contribution is -1.98. The van der Waals surface area contributed by atoms with Gasteiger partial charge in [0.15, 0.2) is 0 Å². The molecule has 0 saturated heterocycles. The average Bonchev–Trinajstić information content (AvgIpc) is 2.59. The van der Waals surface area contributed by atoms with Crippen LogP contribution in [0.4, 0.5) is 5.13 Å². The molecule has 5 heteroatoms. The van der Waals surface area contributed by atoms with Crippen molar-refractivity contribution in [2.75, 3.05) is 11.9 Å². The van der Waals surface area contributed by atoms with Gasteiger partial charge in [-0.15, -0.1) is 10.2 Å². The first-order chi connectivity index (χ1) is 6.72. The average molecular weight is 231 g/mol. The summed E-state index contributed by atoms with van der Waals surface area (Å²) >= 11 is 3.56. The van der Waals surface area contributed by atoms with E-state index < -0.39 is 0 Å². The third-order valence-corrected chi connectivity index (χ3v) is 3.70. The highest BCUT2D eigenvalue weighted by Crippen LogP contribution is 2.22. The smallest absolute Gasteiger partial charge is 0.205 e. The van der Waals surface area contributed by atoms with E-state index in [1.165, 1.54) is 0 Å². The molecular weight excluding hydrogens is 214 g/mol. The second-order valence-electron chi connectivity index (χ2n) is 3.29. The highest BCUT2D eigenvalue weighted by atomic mass is 32.2. The Hall–Kier alpha value is -0.290. The van der Waals surface area contributed by atoms with Crippen molar-refractivity contribution in [1.29, 1.82) is 0 Å². The van der Waals surface area contributed by atoms with E-state index in [9.17, 15) is 0 Å². The fourth-order valence-corrected chi connectivity index (χ4v) is 2.39. The molecule has 0 atom stereocenters. The van der Waals surface area contributed by atoms with Gasteiger partial charge in [-0.1, -0.05) is 32.1 Å². The minimum absolute atomic E-state index is 0.658. The van der Waals surface area contributed by atoms with Gasteiger partial charge in [0.05, 0.1) is 0 Å². The van der Waals surface area contributed by atoms with Crippen molar-refractivity contribution in [1.82, 2.24) is 10.2 Å². The van der Waals surface area contributed by atoms with Gasteiger partial charge >= 0.3 is 0 Å². The molecule has 14 heavy (non-hydrogen) atoms. The molecule has 0 fully saturated rings. The molecule has 0 aliphatic rings. The number of thioether (sulfide) groups is 1. The molecule has 3 nitrogen and oxygen atoms in total. The molecule has 1 aromatic heterocycles. The first-order valence-electron chi connectivity index (χ1n) is 4.90. The summed E-state index contributed by atoms with van der Waals surface area (Å²) in [4.78, 5) is 0. The van der Waals surface area contributed by atoms with E-state index >= 15 is 0 Å². The molecule has 0 spiro atoms. The maximum Gasteiger partial charge on any atom is 0.205 e. The van der Waals surface area contributed by atoms with Gasteiger partial charge in [0, 0.05) is 12.3 Å². The summed E-state index contributed by atoms with van der Waals surface area (Å²) in [5.41, 5.74) is 0. The predicted molar refractivity (Wildman–Crippen MR) is 65.1 cm³/mol. The molecular formula is C9H17N3S2. The van der Waals surface area contributed by atoms with Crippen LogP contribution in [0.15, 0.2) is 0 Å². The molecule has 0 radical (unpaired) electrons. The van der Waals surface area contributed by atoms with Crippen molar-refractivity contribution in [2.24, 2.45) is 0 Å². The van der Waals surface area contributed by atoms with Crippen LogP contribution in [0.2, 0.25) is 0 Å². The third-order valence-electron chi connectivity index (χ3n) is 1.53. The van der Waals surface area contributed by atoms with E-state index in [1.54, 1.807) is 11.3 Å². The minimum atomic E-state index is 0.658. The Morgan fingerprint density at radius 2 is 2.21 bits per heavy atom. The van der Waals surface area contributed by atoms with E-state index in [1.807, 2.05) is 11.8 Å². The zero-order valence-corrected chi connectivity index (χ0v) is 10.5. The van der Waals surface area contributed by atoms with Gasteiger partial charge < -0.3 is 5.32 Å². The van der Waals surface area contributed by atoms with Crippen molar-refractivity contribution in [3.05, 3.63) is 5.01 Å². The van der Waals surface area contributed by atoms with Crippen molar-refractivity contribution in [2.45, 2.75) is 38.2 Å². The van der Waals surface area contributed by atoms with Crippen molar-refractivity contribution in [3.8, 4) is 0 Å². The molecule has 0 unspecified atom stereocenters. The molecule has 0 saturated carbocycles. The van der Waals surface area contributed by atoms with Gasteiger partial charge in [0.1, 0.15) is 5.01 Å². The first-order valence-corrected chi connectivity index (χ1v) is 6.76. The van der Waals surface area contributed by atoms with Crippen LogP contribution < -0.4 is 5.32 Å². The molecule has 80 valence electrons. The van der Waals surface area contributed by atoms with Gasteiger partial charge in [-0.25, -0.2) is 0 Å². The largest absolute Gasteiger partial charge is 0.360 e. The highest BCUT2D eigenvalue weighted by Gasteiger charge is 2.04. The number of hydrogen-bond acceptors (Lipinski definition) is 5. The summed E-state index contributed by atoms with van der Waals surface area (Å²) in [7, 11) is 0. The van der Waals surface area contributed by atoms with Crippen molar-refractivity contribution >= 4 is 28.2 Å². The Balaban J connectivity index is 2.35. The molecule has 0 amide bonds. The first kappa shape index (κ1) is 11.8. The summed E-state index contributed by atoms with van der Waals surface area (Å²) in [6.07, 6.45) is 1.12.